The molecule has 19 heavy (non-hydrogen) atoms. The lowest BCUT2D eigenvalue weighted by molar-refractivity contribution is 0.185. The van der Waals surface area contributed by atoms with Crippen LogP contribution in [0.3, 0.4) is 0 Å². The average Bonchev–Trinajstić information content (AvgIpc) is 2.36. The maximum absolute atomic E-state index is 5.73. The van der Waals surface area contributed by atoms with Crippen molar-refractivity contribution in [3.63, 3.8) is 0 Å². The molecule has 1 aliphatic rings. The predicted molar refractivity (Wildman–Crippen MR) is 85.8 cm³/mol. The fourth-order valence-corrected chi connectivity index (χ4v) is 3.20. The van der Waals surface area contributed by atoms with E-state index in [4.69, 9.17) is 5.73 Å². The number of likely N-dealkylation sites (N-methyl/N-ethyl adjacent to an activating group) is 1. The van der Waals surface area contributed by atoms with E-state index < -0.39 is 0 Å². The first-order chi connectivity index (χ1) is 9.02. The minimum Gasteiger partial charge on any atom is -0.366 e. The van der Waals surface area contributed by atoms with E-state index in [0.29, 0.717) is 12.1 Å². The number of benzene rings is 1. The molecule has 0 radical (unpaired) electrons. The summed E-state index contributed by atoms with van der Waals surface area (Å²) < 4.78 is 1.19. The Morgan fingerprint density at radius 2 is 2.11 bits per heavy atom. The standard InChI is InChI=1S/C15H24BrN3/c1-11-4-5-13(8-15(11)16)19-10-14(6-7-17)18(3)9-12(19)2/h4-5,8,12,14H,6-7,9-10,17H2,1-3H3. The molecule has 2 atom stereocenters. The lowest BCUT2D eigenvalue weighted by Gasteiger charge is -2.45. The van der Waals surface area contributed by atoms with E-state index in [0.717, 1.165) is 26.1 Å². The van der Waals surface area contributed by atoms with E-state index in [1.165, 1.54) is 15.7 Å². The first kappa shape index (κ1) is 14.8. The normalized spacial score (nSPS) is 24.8. The van der Waals surface area contributed by atoms with Crippen molar-refractivity contribution >= 4 is 21.6 Å². The highest BCUT2D eigenvalue weighted by Crippen LogP contribution is 2.28. The zero-order chi connectivity index (χ0) is 14.0. The van der Waals surface area contributed by atoms with Gasteiger partial charge in [0.1, 0.15) is 0 Å². The highest BCUT2D eigenvalue weighted by molar-refractivity contribution is 9.10. The van der Waals surface area contributed by atoms with Gasteiger partial charge >= 0.3 is 0 Å². The quantitative estimate of drug-likeness (QED) is 0.927. The molecule has 2 unspecified atom stereocenters. The van der Waals surface area contributed by atoms with Gasteiger partial charge in [0, 0.05) is 35.3 Å². The highest BCUT2D eigenvalue weighted by Gasteiger charge is 2.29. The van der Waals surface area contributed by atoms with Crippen LogP contribution in [0.2, 0.25) is 0 Å². The molecule has 1 aliphatic heterocycles. The van der Waals surface area contributed by atoms with Crippen LogP contribution < -0.4 is 10.6 Å². The molecular weight excluding hydrogens is 302 g/mol. The van der Waals surface area contributed by atoms with E-state index in [-0.39, 0.29) is 0 Å². The molecule has 1 fully saturated rings. The minimum absolute atomic E-state index is 0.536. The Labute approximate surface area is 124 Å². The summed E-state index contributed by atoms with van der Waals surface area (Å²) in [7, 11) is 2.21. The van der Waals surface area contributed by atoms with Crippen LogP contribution in [0.4, 0.5) is 5.69 Å². The maximum atomic E-state index is 5.73. The summed E-state index contributed by atoms with van der Waals surface area (Å²) in [6, 6.07) is 7.73. The summed E-state index contributed by atoms with van der Waals surface area (Å²) in [5.41, 5.74) is 8.32. The fraction of sp³-hybridized carbons (Fsp3) is 0.600. The van der Waals surface area contributed by atoms with Crippen LogP contribution >= 0.6 is 15.9 Å². The van der Waals surface area contributed by atoms with Gasteiger partial charge < -0.3 is 10.6 Å². The molecule has 1 saturated heterocycles. The molecule has 0 aliphatic carbocycles. The Hall–Kier alpha value is -0.580. The number of halogens is 1. The SMILES string of the molecule is Cc1ccc(N2CC(CCN)N(C)CC2C)cc1Br. The van der Waals surface area contributed by atoms with E-state index in [1.807, 2.05) is 0 Å². The van der Waals surface area contributed by atoms with Crippen molar-refractivity contribution in [1.29, 1.82) is 0 Å². The number of piperazine rings is 1. The van der Waals surface area contributed by atoms with Crippen LogP contribution in [0.15, 0.2) is 22.7 Å². The van der Waals surface area contributed by atoms with Crippen molar-refractivity contribution in [2.24, 2.45) is 5.73 Å². The second-order valence-corrected chi connectivity index (χ2v) is 6.46. The minimum atomic E-state index is 0.536. The monoisotopic (exact) mass is 325 g/mol. The van der Waals surface area contributed by atoms with Crippen LogP contribution in [-0.2, 0) is 0 Å². The Balaban J connectivity index is 2.19. The van der Waals surface area contributed by atoms with Gasteiger partial charge in [-0.1, -0.05) is 22.0 Å². The summed E-state index contributed by atoms with van der Waals surface area (Å²) in [4.78, 5) is 4.95. The summed E-state index contributed by atoms with van der Waals surface area (Å²) in [6.07, 6.45) is 1.06. The lowest BCUT2D eigenvalue weighted by atomic mass is 10.0. The molecule has 4 heteroatoms. The van der Waals surface area contributed by atoms with Gasteiger partial charge in [-0.25, -0.2) is 0 Å². The zero-order valence-electron chi connectivity index (χ0n) is 12.1. The number of hydrogen-bond donors (Lipinski definition) is 1. The zero-order valence-corrected chi connectivity index (χ0v) is 13.7. The topological polar surface area (TPSA) is 32.5 Å². The number of aryl methyl sites for hydroxylation is 1. The summed E-state index contributed by atoms with van der Waals surface area (Å²) >= 11 is 3.63. The predicted octanol–water partition coefficient (Wildman–Crippen LogP) is 2.62. The molecule has 0 bridgehead atoms. The number of nitrogens with zero attached hydrogens (tertiary/aromatic N) is 2. The highest BCUT2D eigenvalue weighted by atomic mass is 79.9. The van der Waals surface area contributed by atoms with Gasteiger partial charge in [-0.05, 0) is 51.6 Å². The molecule has 0 amide bonds. The molecule has 0 aromatic heterocycles. The largest absolute Gasteiger partial charge is 0.366 e. The van der Waals surface area contributed by atoms with Gasteiger partial charge in [0.2, 0.25) is 0 Å². The first-order valence-electron chi connectivity index (χ1n) is 6.96. The summed E-state index contributed by atoms with van der Waals surface area (Å²) in [6.45, 7) is 7.33. The van der Waals surface area contributed by atoms with Gasteiger partial charge in [-0.15, -0.1) is 0 Å². The molecule has 3 nitrogen and oxygen atoms in total. The molecule has 1 heterocycles. The van der Waals surface area contributed by atoms with Gasteiger partial charge in [-0.3, -0.25) is 4.90 Å². The molecule has 0 saturated carbocycles. The van der Waals surface area contributed by atoms with Gasteiger partial charge in [0.25, 0.3) is 0 Å². The van der Waals surface area contributed by atoms with Crippen molar-refractivity contribution in [3.05, 3.63) is 28.2 Å². The molecular formula is C15H24BrN3. The van der Waals surface area contributed by atoms with E-state index >= 15 is 0 Å². The van der Waals surface area contributed by atoms with Crippen molar-refractivity contribution < 1.29 is 0 Å². The van der Waals surface area contributed by atoms with E-state index in [2.05, 4.69) is 64.8 Å². The first-order valence-corrected chi connectivity index (χ1v) is 7.75. The average molecular weight is 326 g/mol. The smallest absolute Gasteiger partial charge is 0.0389 e. The second kappa shape index (κ2) is 6.25. The number of rotatable bonds is 3. The molecule has 1 aromatic rings. The maximum Gasteiger partial charge on any atom is 0.0389 e. The Bertz CT molecular complexity index is 435. The van der Waals surface area contributed by atoms with Crippen molar-refractivity contribution in [2.45, 2.75) is 32.4 Å². The Morgan fingerprint density at radius 1 is 1.37 bits per heavy atom. The van der Waals surface area contributed by atoms with Gasteiger partial charge in [-0.2, -0.15) is 0 Å². The van der Waals surface area contributed by atoms with Gasteiger partial charge in [0.15, 0.2) is 0 Å². The molecule has 106 valence electrons. The third-order valence-corrected chi connectivity index (χ3v) is 4.96. The van der Waals surface area contributed by atoms with Crippen LogP contribution in [0.1, 0.15) is 18.9 Å². The third-order valence-electron chi connectivity index (χ3n) is 4.10. The number of anilines is 1. The van der Waals surface area contributed by atoms with Gasteiger partial charge in [0.05, 0.1) is 0 Å². The fourth-order valence-electron chi connectivity index (χ4n) is 2.84. The number of hydrogen-bond acceptors (Lipinski definition) is 3. The Morgan fingerprint density at radius 3 is 2.74 bits per heavy atom. The van der Waals surface area contributed by atoms with Crippen molar-refractivity contribution in [2.75, 3.05) is 31.6 Å². The van der Waals surface area contributed by atoms with Crippen LogP contribution in [0.5, 0.6) is 0 Å². The van der Waals surface area contributed by atoms with Crippen molar-refractivity contribution in [3.8, 4) is 0 Å². The van der Waals surface area contributed by atoms with Crippen LogP contribution in [0.25, 0.3) is 0 Å². The third kappa shape index (κ3) is 3.30. The van der Waals surface area contributed by atoms with E-state index in [1.54, 1.807) is 0 Å². The molecule has 2 rings (SSSR count). The summed E-state index contributed by atoms with van der Waals surface area (Å²) in [5.74, 6) is 0. The molecule has 2 N–H and O–H groups in total. The van der Waals surface area contributed by atoms with Crippen molar-refractivity contribution in [1.82, 2.24) is 4.90 Å². The summed E-state index contributed by atoms with van der Waals surface area (Å²) in [5, 5.41) is 0. The number of nitrogens with two attached hydrogens (primary N) is 1. The Kier molecular flexibility index (Phi) is 4.87. The molecule has 0 spiro atoms. The van der Waals surface area contributed by atoms with Crippen LogP contribution in [-0.4, -0.2) is 43.7 Å². The lowest BCUT2D eigenvalue weighted by Crippen LogP contribution is -2.56. The van der Waals surface area contributed by atoms with E-state index in [9.17, 15) is 0 Å². The second-order valence-electron chi connectivity index (χ2n) is 5.61. The van der Waals surface area contributed by atoms with Crippen LogP contribution in [0, 0.1) is 6.92 Å². The molecule has 1 aromatic carbocycles.